The van der Waals surface area contributed by atoms with Crippen molar-refractivity contribution in [3.05, 3.63) is 47.0 Å². The van der Waals surface area contributed by atoms with Gasteiger partial charge in [-0.3, -0.25) is 4.79 Å². The first-order chi connectivity index (χ1) is 15.0. The van der Waals surface area contributed by atoms with E-state index in [2.05, 4.69) is 5.32 Å². The number of carbonyl (C=O) groups excluding carboxylic acids is 2. The van der Waals surface area contributed by atoms with E-state index in [0.29, 0.717) is 29.7 Å². The summed E-state index contributed by atoms with van der Waals surface area (Å²) in [4.78, 5) is 25.2. The molecule has 1 amide bonds. The molecule has 10 heteroatoms. The van der Waals surface area contributed by atoms with Crippen LogP contribution < -0.4 is 15.8 Å². The van der Waals surface area contributed by atoms with E-state index in [1.807, 2.05) is 0 Å². The van der Waals surface area contributed by atoms with Gasteiger partial charge in [-0.15, -0.1) is 0 Å². The maximum atomic E-state index is 13.5. The number of carbonyl (C=O) groups is 2. The van der Waals surface area contributed by atoms with Crippen molar-refractivity contribution in [2.45, 2.75) is 37.1 Å². The van der Waals surface area contributed by atoms with Gasteiger partial charge in [-0.25, -0.2) is 13.2 Å². The van der Waals surface area contributed by atoms with Crippen molar-refractivity contribution in [2.75, 3.05) is 32.3 Å². The first-order valence-electron chi connectivity index (χ1n) is 9.92. The smallest absolute Gasteiger partial charge is 0.340 e. The molecule has 0 aromatic heterocycles. The van der Waals surface area contributed by atoms with Crippen LogP contribution in [-0.2, 0) is 19.6 Å². The van der Waals surface area contributed by atoms with Crippen LogP contribution in [0.1, 0.15) is 34.3 Å². The number of anilines is 2. The van der Waals surface area contributed by atoms with Crippen LogP contribution >= 0.6 is 0 Å². The van der Waals surface area contributed by atoms with Gasteiger partial charge in [0.2, 0.25) is 15.9 Å². The number of methoxy groups -OCH3 is 2. The Morgan fingerprint density at radius 2 is 1.72 bits per heavy atom. The normalized spacial score (nSPS) is 14.7. The van der Waals surface area contributed by atoms with Gasteiger partial charge in [-0.2, -0.15) is 4.31 Å². The first kappa shape index (κ1) is 23.6. The van der Waals surface area contributed by atoms with Crippen molar-refractivity contribution in [2.24, 2.45) is 0 Å². The molecule has 0 atom stereocenters. The van der Waals surface area contributed by atoms with Crippen LogP contribution in [0.2, 0.25) is 0 Å². The van der Waals surface area contributed by atoms with Crippen LogP contribution in [0.4, 0.5) is 11.4 Å². The summed E-state index contributed by atoms with van der Waals surface area (Å²) in [5, 5.41) is 2.69. The van der Waals surface area contributed by atoms with Crippen molar-refractivity contribution in [3.63, 3.8) is 0 Å². The number of nitrogens with one attached hydrogen (secondary N) is 1. The Labute approximate surface area is 187 Å². The summed E-state index contributed by atoms with van der Waals surface area (Å²) in [6, 6.07) is 7.87. The second kappa shape index (κ2) is 8.44. The second-order valence-electron chi connectivity index (χ2n) is 7.81. The summed E-state index contributed by atoms with van der Waals surface area (Å²) >= 11 is 0. The number of hydrogen-bond acceptors (Lipinski definition) is 7. The third kappa shape index (κ3) is 3.91. The molecule has 1 aliphatic carbocycles. The molecule has 1 fully saturated rings. The van der Waals surface area contributed by atoms with Crippen LogP contribution in [0.25, 0.3) is 0 Å². The molecule has 2 aromatic carbocycles. The molecule has 2 aromatic rings. The van der Waals surface area contributed by atoms with E-state index in [-0.39, 0.29) is 21.8 Å². The van der Waals surface area contributed by atoms with E-state index in [1.54, 1.807) is 38.1 Å². The zero-order valence-electron chi connectivity index (χ0n) is 18.7. The van der Waals surface area contributed by atoms with Gasteiger partial charge in [0, 0.05) is 7.05 Å². The fourth-order valence-corrected chi connectivity index (χ4v) is 5.74. The number of benzene rings is 2. The minimum atomic E-state index is -3.98. The molecule has 0 aliphatic heterocycles. The van der Waals surface area contributed by atoms with E-state index in [0.717, 1.165) is 4.31 Å². The Balaban J connectivity index is 1.92. The van der Waals surface area contributed by atoms with Gasteiger partial charge in [0.1, 0.15) is 11.3 Å². The predicted octanol–water partition coefficient (Wildman–Crippen LogP) is 2.47. The van der Waals surface area contributed by atoms with E-state index in [9.17, 15) is 18.0 Å². The summed E-state index contributed by atoms with van der Waals surface area (Å²) in [5.41, 5.74) is 6.22. The van der Waals surface area contributed by atoms with Gasteiger partial charge in [-0.1, -0.05) is 6.07 Å². The fraction of sp³-hybridized carbons (Fsp3) is 0.364. The summed E-state index contributed by atoms with van der Waals surface area (Å²) in [7, 11) is 0.164. The molecule has 0 spiro atoms. The van der Waals surface area contributed by atoms with E-state index >= 15 is 0 Å². The van der Waals surface area contributed by atoms with Gasteiger partial charge < -0.3 is 20.5 Å². The number of amides is 1. The maximum Gasteiger partial charge on any atom is 0.340 e. The van der Waals surface area contributed by atoms with Crippen LogP contribution in [0.5, 0.6) is 5.75 Å². The highest BCUT2D eigenvalue weighted by atomic mass is 32.2. The van der Waals surface area contributed by atoms with Crippen molar-refractivity contribution < 1.29 is 27.5 Å². The quantitative estimate of drug-likeness (QED) is 0.479. The number of sulfonamides is 1. The number of para-hydroxylation sites is 1. The summed E-state index contributed by atoms with van der Waals surface area (Å²) in [6.45, 7) is 3.38. The third-order valence-electron chi connectivity index (χ3n) is 5.80. The van der Waals surface area contributed by atoms with Gasteiger partial charge in [0.15, 0.2) is 0 Å². The number of likely N-dealkylation sites (N-methyl/N-ethyl adjacent to an activating group) is 1. The number of ether oxygens (including phenoxy) is 2. The lowest BCUT2D eigenvalue weighted by Gasteiger charge is -2.28. The molecule has 0 unspecified atom stereocenters. The van der Waals surface area contributed by atoms with Crippen molar-refractivity contribution in [1.29, 1.82) is 0 Å². The Morgan fingerprint density at radius 1 is 1.12 bits per heavy atom. The minimum absolute atomic E-state index is 0.0517. The molecule has 0 bridgehead atoms. The first-order valence-corrected chi connectivity index (χ1v) is 11.4. The number of nitrogen functional groups attached to an aromatic ring is 1. The average Bonchev–Trinajstić information content (AvgIpc) is 3.55. The zero-order chi connectivity index (χ0) is 23.8. The summed E-state index contributed by atoms with van der Waals surface area (Å²) in [5.74, 6) is -0.590. The lowest BCUT2D eigenvalue weighted by Crippen LogP contribution is -2.47. The number of nitrogens with two attached hydrogens (primary N) is 1. The summed E-state index contributed by atoms with van der Waals surface area (Å²) < 4.78 is 38.0. The zero-order valence-corrected chi connectivity index (χ0v) is 19.5. The molecule has 1 saturated carbocycles. The van der Waals surface area contributed by atoms with E-state index in [1.165, 1.54) is 27.3 Å². The number of hydrogen-bond donors (Lipinski definition) is 2. The van der Waals surface area contributed by atoms with Crippen molar-refractivity contribution >= 4 is 33.3 Å². The molecule has 3 rings (SSSR count). The monoisotopic (exact) mass is 461 g/mol. The van der Waals surface area contributed by atoms with E-state index < -0.39 is 27.4 Å². The van der Waals surface area contributed by atoms with E-state index in [4.69, 9.17) is 15.2 Å². The predicted molar refractivity (Wildman–Crippen MR) is 120 cm³/mol. The van der Waals surface area contributed by atoms with Crippen LogP contribution in [0, 0.1) is 13.8 Å². The SMILES string of the molecule is COC(=O)c1cccc(NC(=O)C2(N(C)S(=O)(=O)c3c(C)cc(OC)cc3C)CC2)c1N. The van der Waals surface area contributed by atoms with Crippen molar-refractivity contribution in [3.8, 4) is 5.75 Å². The lowest BCUT2D eigenvalue weighted by molar-refractivity contribution is -0.120. The molecular formula is C22H27N3O6S. The van der Waals surface area contributed by atoms with Crippen LogP contribution in [-0.4, -0.2) is 51.4 Å². The van der Waals surface area contributed by atoms with Crippen LogP contribution in [0.3, 0.4) is 0 Å². The second-order valence-corrected chi connectivity index (χ2v) is 9.71. The number of esters is 1. The Hall–Kier alpha value is -3.11. The van der Waals surface area contributed by atoms with Gasteiger partial charge >= 0.3 is 5.97 Å². The topological polar surface area (TPSA) is 128 Å². The minimum Gasteiger partial charge on any atom is -0.497 e. The van der Waals surface area contributed by atoms with Crippen molar-refractivity contribution in [1.82, 2.24) is 4.31 Å². The summed E-state index contributed by atoms with van der Waals surface area (Å²) in [6.07, 6.45) is 0.721. The molecule has 32 heavy (non-hydrogen) atoms. The molecule has 172 valence electrons. The van der Waals surface area contributed by atoms with Gasteiger partial charge in [0.25, 0.3) is 0 Å². The highest BCUT2D eigenvalue weighted by Gasteiger charge is 2.57. The molecule has 3 N–H and O–H groups in total. The largest absolute Gasteiger partial charge is 0.497 e. The van der Waals surface area contributed by atoms with Gasteiger partial charge in [0.05, 0.1) is 36.1 Å². The molecule has 0 saturated heterocycles. The standard InChI is InChI=1S/C22H27N3O6S/c1-13-11-15(30-4)12-14(2)19(13)32(28,29)25(3)22(9-10-22)21(27)24-17-8-6-7-16(18(17)23)20(26)31-5/h6-8,11-12H,9-10,23H2,1-5H3,(H,24,27). The third-order valence-corrected chi connectivity index (χ3v) is 8.03. The van der Waals surface area contributed by atoms with Gasteiger partial charge in [-0.05, 0) is 62.1 Å². The Kier molecular flexibility index (Phi) is 6.21. The number of nitrogens with zero attached hydrogens (tertiary/aromatic N) is 1. The molecule has 9 nitrogen and oxygen atoms in total. The highest BCUT2D eigenvalue weighted by molar-refractivity contribution is 7.89. The fourth-order valence-electron chi connectivity index (χ4n) is 3.81. The molecule has 0 heterocycles. The number of rotatable bonds is 7. The van der Waals surface area contributed by atoms with Crippen LogP contribution in [0.15, 0.2) is 35.2 Å². The number of aryl methyl sites for hydroxylation is 2. The molecule has 1 aliphatic rings. The lowest BCUT2D eigenvalue weighted by atomic mass is 10.1. The highest BCUT2D eigenvalue weighted by Crippen LogP contribution is 2.45. The molecular weight excluding hydrogens is 434 g/mol. The maximum absolute atomic E-state index is 13.5. The average molecular weight is 462 g/mol. The Bertz CT molecular complexity index is 1170. The molecule has 0 radical (unpaired) electrons. The Morgan fingerprint density at radius 3 is 2.22 bits per heavy atom.